The molecule has 0 saturated heterocycles. The first-order valence-corrected chi connectivity index (χ1v) is 9.18. The average Bonchev–Trinajstić information content (AvgIpc) is 2.93. The van der Waals surface area contributed by atoms with E-state index >= 15 is 0 Å². The fraction of sp³-hybridized carbons (Fsp3) is 0.350. The van der Waals surface area contributed by atoms with Crippen molar-refractivity contribution < 1.29 is 4.74 Å². The molecule has 0 N–H and O–H groups in total. The molecule has 6 heteroatoms. The number of nitrogens with zero attached hydrogens (tertiary/aromatic N) is 3. The minimum Gasteiger partial charge on any atom is -0.385 e. The van der Waals surface area contributed by atoms with Crippen molar-refractivity contribution in [3.63, 3.8) is 0 Å². The zero-order valence-electron chi connectivity index (χ0n) is 15.2. The molecule has 0 aliphatic rings. The molecule has 0 fully saturated rings. The Morgan fingerprint density at radius 3 is 2.46 bits per heavy atom. The Morgan fingerprint density at radius 2 is 1.92 bits per heavy atom. The molecule has 0 aliphatic heterocycles. The van der Waals surface area contributed by atoms with Crippen LogP contribution in [0.1, 0.15) is 37.3 Å². The van der Waals surface area contributed by atoms with Gasteiger partial charge in [0.05, 0.1) is 4.53 Å². The molecule has 2 rings (SSSR count). The summed E-state index contributed by atoms with van der Waals surface area (Å²) in [5.41, 5.74) is 1.92. The monoisotopic (exact) mass is 367 g/mol. The predicted octanol–water partition coefficient (Wildman–Crippen LogP) is 2.10. The van der Waals surface area contributed by atoms with E-state index in [1.807, 2.05) is 36.4 Å². The third-order valence-electron chi connectivity index (χ3n) is 3.98. The Hall–Kier alpha value is -2.67. The summed E-state index contributed by atoms with van der Waals surface area (Å²) in [6, 6.07) is 11.8. The van der Waals surface area contributed by atoms with Gasteiger partial charge in [-0.05, 0) is 29.5 Å². The van der Waals surface area contributed by atoms with Gasteiger partial charge in [-0.1, -0.05) is 38.1 Å². The molecule has 0 aliphatic carbocycles. The molecule has 0 radical (unpaired) electrons. The van der Waals surface area contributed by atoms with E-state index in [2.05, 4.69) is 13.8 Å². The molecule has 0 bridgehead atoms. The van der Waals surface area contributed by atoms with Crippen LogP contribution < -0.4 is 14.8 Å². The topological polar surface area (TPSA) is 78.8 Å². The molecular formula is C20H21N3O2S. The minimum atomic E-state index is -0.183. The SMILES string of the molecule is COCCCn1c(=C(C#N)C#N)s/c(=C/c2ccc(C(C)C)cc2)c1=O. The summed E-state index contributed by atoms with van der Waals surface area (Å²) in [4.78, 5) is 12.8. The highest BCUT2D eigenvalue weighted by Gasteiger charge is 2.09. The van der Waals surface area contributed by atoms with Gasteiger partial charge in [0, 0.05) is 20.3 Å². The lowest BCUT2D eigenvalue weighted by atomic mass is 10.0. The minimum absolute atomic E-state index is 0.0423. The van der Waals surface area contributed by atoms with Crippen molar-refractivity contribution in [1.29, 1.82) is 10.5 Å². The van der Waals surface area contributed by atoms with Gasteiger partial charge in [0.2, 0.25) is 0 Å². The zero-order chi connectivity index (χ0) is 19.1. The third kappa shape index (κ3) is 4.49. The van der Waals surface area contributed by atoms with E-state index in [4.69, 9.17) is 4.74 Å². The van der Waals surface area contributed by atoms with E-state index < -0.39 is 0 Å². The number of ether oxygens (including phenoxy) is 1. The lowest BCUT2D eigenvalue weighted by Crippen LogP contribution is -2.32. The first-order valence-electron chi connectivity index (χ1n) is 8.36. The molecule has 5 nitrogen and oxygen atoms in total. The molecule has 0 atom stereocenters. The normalized spacial score (nSPS) is 11.4. The summed E-state index contributed by atoms with van der Waals surface area (Å²) in [6.45, 7) is 5.17. The van der Waals surface area contributed by atoms with Gasteiger partial charge in [-0.2, -0.15) is 10.5 Å². The number of thiazole rings is 1. The summed E-state index contributed by atoms with van der Waals surface area (Å²) in [7, 11) is 1.60. The Morgan fingerprint density at radius 1 is 1.27 bits per heavy atom. The van der Waals surface area contributed by atoms with Crippen molar-refractivity contribution in [2.75, 3.05) is 13.7 Å². The second kappa shape index (κ2) is 9.15. The maximum absolute atomic E-state index is 12.8. The number of rotatable bonds is 6. The molecule has 1 aromatic heterocycles. The lowest BCUT2D eigenvalue weighted by molar-refractivity contribution is 0.190. The second-order valence-corrected chi connectivity index (χ2v) is 7.17. The Bertz CT molecular complexity index is 999. The molecule has 1 heterocycles. The van der Waals surface area contributed by atoms with E-state index in [9.17, 15) is 15.3 Å². The van der Waals surface area contributed by atoms with Crippen molar-refractivity contribution >= 4 is 23.0 Å². The van der Waals surface area contributed by atoms with Gasteiger partial charge in [-0.15, -0.1) is 11.3 Å². The molecule has 0 spiro atoms. The molecular weight excluding hydrogens is 346 g/mol. The molecule has 0 saturated carbocycles. The van der Waals surface area contributed by atoms with Crippen LogP contribution in [0.5, 0.6) is 0 Å². The van der Waals surface area contributed by atoms with Crippen LogP contribution in [0, 0.1) is 22.7 Å². The van der Waals surface area contributed by atoms with Crippen molar-refractivity contribution in [1.82, 2.24) is 4.57 Å². The van der Waals surface area contributed by atoms with Crippen LogP contribution in [-0.2, 0) is 11.3 Å². The molecule has 0 amide bonds. The highest BCUT2D eigenvalue weighted by Crippen LogP contribution is 2.14. The van der Waals surface area contributed by atoms with Gasteiger partial charge >= 0.3 is 0 Å². The quantitative estimate of drug-likeness (QED) is 0.733. The lowest BCUT2D eigenvalue weighted by Gasteiger charge is -2.04. The Kier molecular flexibility index (Phi) is 6.91. The fourth-order valence-corrected chi connectivity index (χ4v) is 3.60. The van der Waals surface area contributed by atoms with Gasteiger partial charge in [0.15, 0.2) is 5.57 Å². The maximum atomic E-state index is 12.8. The first kappa shape index (κ1) is 19.7. The van der Waals surface area contributed by atoms with E-state index in [1.54, 1.807) is 13.2 Å². The highest BCUT2D eigenvalue weighted by atomic mass is 32.1. The van der Waals surface area contributed by atoms with Crippen LogP contribution in [-0.4, -0.2) is 18.3 Å². The van der Waals surface area contributed by atoms with Crippen LogP contribution in [0.15, 0.2) is 29.1 Å². The molecule has 2 aromatic rings. The van der Waals surface area contributed by atoms with E-state index in [0.717, 1.165) is 5.56 Å². The van der Waals surface area contributed by atoms with Crippen LogP contribution in [0.2, 0.25) is 0 Å². The molecule has 26 heavy (non-hydrogen) atoms. The predicted molar refractivity (Wildman–Crippen MR) is 103 cm³/mol. The summed E-state index contributed by atoms with van der Waals surface area (Å²) >= 11 is 1.18. The summed E-state index contributed by atoms with van der Waals surface area (Å²) in [5.74, 6) is 0.443. The van der Waals surface area contributed by atoms with Gasteiger partial charge in [0.1, 0.15) is 16.8 Å². The zero-order valence-corrected chi connectivity index (χ0v) is 16.0. The number of methoxy groups -OCH3 is 1. The van der Waals surface area contributed by atoms with Gasteiger partial charge in [-0.3, -0.25) is 9.36 Å². The number of hydrogen-bond donors (Lipinski definition) is 0. The van der Waals surface area contributed by atoms with Crippen LogP contribution >= 0.6 is 11.3 Å². The van der Waals surface area contributed by atoms with E-state index in [1.165, 1.54) is 21.5 Å². The third-order valence-corrected chi connectivity index (χ3v) is 5.11. The van der Waals surface area contributed by atoms with Gasteiger partial charge < -0.3 is 4.74 Å². The van der Waals surface area contributed by atoms with Crippen molar-refractivity contribution in [2.24, 2.45) is 0 Å². The van der Waals surface area contributed by atoms with Crippen LogP contribution in [0.4, 0.5) is 0 Å². The van der Waals surface area contributed by atoms with Crippen molar-refractivity contribution in [2.45, 2.75) is 32.7 Å². The smallest absolute Gasteiger partial charge is 0.269 e. The highest BCUT2D eigenvalue weighted by molar-refractivity contribution is 7.07. The van der Waals surface area contributed by atoms with Crippen molar-refractivity contribution in [3.05, 3.63) is 54.9 Å². The van der Waals surface area contributed by atoms with Crippen LogP contribution in [0.25, 0.3) is 11.6 Å². The van der Waals surface area contributed by atoms with E-state index in [-0.39, 0.29) is 11.1 Å². The largest absolute Gasteiger partial charge is 0.385 e. The maximum Gasteiger partial charge on any atom is 0.269 e. The first-order chi connectivity index (χ1) is 12.5. The standard InChI is InChI=1S/C20H21N3O2S/c1-14(2)16-7-5-15(6-8-16)11-18-19(24)23(9-4-10-25-3)20(26-18)17(12-21)13-22/h5-8,11,14H,4,9-10H2,1-3H3/b18-11+. The van der Waals surface area contributed by atoms with Gasteiger partial charge in [0.25, 0.3) is 5.56 Å². The number of benzene rings is 1. The number of hydrogen-bond acceptors (Lipinski definition) is 5. The molecule has 134 valence electrons. The number of nitriles is 2. The summed E-state index contributed by atoms with van der Waals surface area (Å²) in [6.07, 6.45) is 2.44. The summed E-state index contributed by atoms with van der Waals surface area (Å²) in [5, 5.41) is 18.4. The fourth-order valence-electron chi connectivity index (χ4n) is 2.52. The average molecular weight is 367 g/mol. The van der Waals surface area contributed by atoms with Gasteiger partial charge in [-0.25, -0.2) is 0 Å². The second-order valence-electron chi connectivity index (χ2n) is 6.14. The van der Waals surface area contributed by atoms with E-state index in [0.29, 0.717) is 34.7 Å². The Balaban J connectivity index is 2.58. The Labute approximate surface area is 156 Å². The van der Waals surface area contributed by atoms with Crippen molar-refractivity contribution in [3.8, 4) is 12.1 Å². The molecule has 0 unspecified atom stereocenters. The van der Waals surface area contributed by atoms with Crippen LogP contribution in [0.3, 0.4) is 0 Å². The number of aromatic nitrogens is 1. The molecule has 1 aromatic carbocycles. The summed E-state index contributed by atoms with van der Waals surface area (Å²) < 4.78 is 7.45.